The standard InChI is InChI=1S/C20H18N6O2/c1-13-23-19(25-21-11-14-8-9-17(27)18(10-14)28-2)16-12-22-26(20(16)24-13)15-6-4-3-5-7-15/h3-12,27H,1-2H3,(H,23,24,25)/b21-11+. The van der Waals surface area contributed by atoms with E-state index in [2.05, 4.69) is 25.6 Å². The lowest BCUT2D eigenvalue weighted by Crippen LogP contribution is -2.01. The van der Waals surface area contributed by atoms with E-state index >= 15 is 0 Å². The van der Waals surface area contributed by atoms with Crippen LogP contribution in [0, 0.1) is 6.92 Å². The Balaban J connectivity index is 1.65. The van der Waals surface area contributed by atoms with Gasteiger partial charge in [-0.1, -0.05) is 18.2 Å². The zero-order valence-electron chi connectivity index (χ0n) is 15.4. The molecule has 0 saturated heterocycles. The molecule has 2 aromatic heterocycles. The molecule has 2 aromatic carbocycles. The third kappa shape index (κ3) is 3.35. The Morgan fingerprint density at radius 3 is 2.75 bits per heavy atom. The molecule has 4 aromatic rings. The van der Waals surface area contributed by atoms with Crippen molar-refractivity contribution in [1.29, 1.82) is 0 Å². The highest BCUT2D eigenvalue weighted by molar-refractivity contribution is 5.88. The van der Waals surface area contributed by atoms with Crippen molar-refractivity contribution in [2.75, 3.05) is 12.5 Å². The van der Waals surface area contributed by atoms with Gasteiger partial charge in [0, 0.05) is 0 Å². The second kappa shape index (κ2) is 7.36. The highest BCUT2D eigenvalue weighted by Gasteiger charge is 2.12. The Kier molecular flexibility index (Phi) is 4.59. The minimum absolute atomic E-state index is 0.0778. The lowest BCUT2D eigenvalue weighted by molar-refractivity contribution is 0.373. The van der Waals surface area contributed by atoms with Crippen LogP contribution in [0.3, 0.4) is 0 Å². The smallest absolute Gasteiger partial charge is 0.168 e. The van der Waals surface area contributed by atoms with E-state index in [4.69, 9.17) is 4.74 Å². The van der Waals surface area contributed by atoms with Gasteiger partial charge in [0.2, 0.25) is 0 Å². The highest BCUT2D eigenvalue weighted by atomic mass is 16.5. The molecule has 2 N–H and O–H groups in total. The average Bonchev–Trinajstić information content (AvgIpc) is 3.13. The van der Waals surface area contributed by atoms with Gasteiger partial charge in [0.05, 0.1) is 30.6 Å². The zero-order valence-corrected chi connectivity index (χ0v) is 15.4. The number of hydrogen-bond acceptors (Lipinski definition) is 7. The number of nitrogens with zero attached hydrogens (tertiary/aromatic N) is 5. The molecule has 0 fully saturated rings. The molecule has 2 heterocycles. The molecule has 0 aliphatic heterocycles. The van der Waals surface area contributed by atoms with Crippen LogP contribution in [0.2, 0.25) is 0 Å². The molecule has 28 heavy (non-hydrogen) atoms. The number of anilines is 1. The first kappa shape index (κ1) is 17.5. The average molecular weight is 374 g/mol. The van der Waals surface area contributed by atoms with E-state index < -0.39 is 0 Å². The summed E-state index contributed by atoms with van der Waals surface area (Å²) in [6, 6.07) is 14.8. The lowest BCUT2D eigenvalue weighted by Gasteiger charge is -2.06. The monoisotopic (exact) mass is 374 g/mol. The van der Waals surface area contributed by atoms with Crippen molar-refractivity contribution in [3.8, 4) is 17.2 Å². The summed E-state index contributed by atoms with van der Waals surface area (Å²) >= 11 is 0. The van der Waals surface area contributed by atoms with Gasteiger partial charge >= 0.3 is 0 Å². The minimum Gasteiger partial charge on any atom is -0.504 e. The molecule has 0 spiro atoms. The number of hydrazone groups is 1. The molecule has 4 rings (SSSR count). The molecule has 140 valence electrons. The van der Waals surface area contributed by atoms with Crippen molar-refractivity contribution in [1.82, 2.24) is 19.7 Å². The number of phenolic OH excluding ortho intramolecular Hbond substituents is 1. The van der Waals surface area contributed by atoms with E-state index in [-0.39, 0.29) is 5.75 Å². The van der Waals surface area contributed by atoms with E-state index in [9.17, 15) is 5.11 Å². The van der Waals surface area contributed by atoms with Gasteiger partial charge < -0.3 is 9.84 Å². The van der Waals surface area contributed by atoms with E-state index in [0.29, 0.717) is 23.0 Å². The number of aryl methyl sites for hydroxylation is 1. The SMILES string of the molecule is COc1cc(/C=N/Nc2nc(C)nc3c2cnn3-c2ccccc2)ccc1O. The first-order valence-electron chi connectivity index (χ1n) is 8.59. The third-order valence-electron chi connectivity index (χ3n) is 4.13. The van der Waals surface area contributed by atoms with Crippen molar-refractivity contribution in [3.63, 3.8) is 0 Å². The van der Waals surface area contributed by atoms with Crippen LogP contribution in [0.5, 0.6) is 11.5 Å². The first-order chi connectivity index (χ1) is 13.7. The molecule has 0 saturated carbocycles. The van der Waals surface area contributed by atoms with Crippen LogP contribution in [-0.2, 0) is 0 Å². The van der Waals surface area contributed by atoms with Crippen LogP contribution >= 0.6 is 0 Å². The van der Waals surface area contributed by atoms with Crippen molar-refractivity contribution >= 4 is 23.1 Å². The van der Waals surface area contributed by atoms with E-state index in [0.717, 1.165) is 16.6 Å². The van der Waals surface area contributed by atoms with Crippen molar-refractivity contribution in [2.24, 2.45) is 5.10 Å². The van der Waals surface area contributed by atoms with E-state index in [1.165, 1.54) is 7.11 Å². The second-order valence-electron chi connectivity index (χ2n) is 6.05. The minimum atomic E-state index is 0.0778. The number of benzene rings is 2. The van der Waals surface area contributed by atoms with Crippen LogP contribution < -0.4 is 10.2 Å². The summed E-state index contributed by atoms with van der Waals surface area (Å²) in [6.45, 7) is 1.82. The number of aromatic nitrogens is 4. The van der Waals surface area contributed by atoms with Gasteiger partial charge in [-0.05, 0) is 42.8 Å². The maximum atomic E-state index is 9.67. The Bertz CT molecular complexity index is 1150. The molecule has 0 aliphatic rings. The molecule has 0 atom stereocenters. The molecule has 0 amide bonds. The maximum absolute atomic E-state index is 9.67. The van der Waals surface area contributed by atoms with Gasteiger partial charge in [0.25, 0.3) is 0 Å². The van der Waals surface area contributed by atoms with Gasteiger partial charge in [-0.15, -0.1) is 0 Å². The lowest BCUT2D eigenvalue weighted by atomic mass is 10.2. The summed E-state index contributed by atoms with van der Waals surface area (Å²) in [6.07, 6.45) is 3.33. The summed E-state index contributed by atoms with van der Waals surface area (Å²) < 4.78 is 6.87. The van der Waals surface area contributed by atoms with Crippen LogP contribution in [0.15, 0.2) is 59.8 Å². The van der Waals surface area contributed by atoms with Crippen LogP contribution in [0.4, 0.5) is 5.82 Å². The van der Waals surface area contributed by atoms with Crippen molar-refractivity contribution in [3.05, 3.63) is 66.1 Å². The predicted octanol–water partition coefficient (Wildman–Crippen LogP) is 3.28. The number of methoxy groups -OCH3 is 1. The number of nitrogens with one attached hydrogen (secondary N) is 1. The summed E-state index contributed by atoms with van der Waals surface area (Å²) in [5.74, 6) is 1.63. The van der Waals surface area contributed by atoms with Crippen LogP contribution in [0.25, 0.3) is 16.7 Å². The number of rotatable bonds is 5. The Morgan fingerprint density at radius 2 is 1.96 bits per heavy atom. The summed E-state index contributed by atoms with van der Waals surface area (Å²) in [7, 11) is 1.50. The fourth-order valence-corrected chi connectivity index (χ4v) is 2.80. The van der Waals surface area contributed by atoms with Crippen molar-refractivity contribution < 1.29 is 9.84 Å². The van der Waals surface area contributed by atoms with Gasteiger partial charge in [0.15, 0.2) is 23.0 Å². The predicted molar refractivity (Wildman–Crippen MR) is 107 cm³/mol. The molecule has 0 radical (unpaired) electrons. The number of para-hydroxylation sites is 1. The quantitative estimate of drug-likeness (QED) is 0.411. The normalized spacial score (nSPS) is 11.2. The molecule has 0 unspecified atom stereocenters. The van der Waals surface area contributed by atoms with Gasteiger partial charge in [0.1, 0.15) is 5.82 Å². The summed E-state index contributed by atoms with van der Waals surface area (Å²) in [5.41, 5.74) is 5.34. The third-order valence-corrected chi connectivity index (χ3v) is 4.13. The second-order valence-corrected chi connectivity index (χ2v) is 6.05. The van der Waals surface area contributed by atoms with Gasteiger partial charge in [-0.25, -0.2) is 14.6 Å². The molecular formula is C20H18N6O2. The fraction of sp³-hybridized carbons (Fsp3) is 0.100. The zero-order chi connectivity index (χ0) is 19.5. The number of fused-ring (bicyclic) bond motifs is 1. The maximum Gasteiger partial charge on any atom is 0.168 e. The molecule has 8 heteroatoms. The van der Waals surface area contributed by atoms with Gasteiger partial charge in [-0.2, -0.15) is 10.2 Å². The summed E-state index contributed by atoms with van der Waals surface area (Å²) in [4.78, 5) is 8.96. The highest BCUT2D eigenvalue weighted by Crippen LogP contribution is 2.26. The molecular weight excluding hydrogens is 356 g/mol. The molecule has 0 aliphatic carbocycles. The summed E-state index contributed by atoms with van der Waals surface area (Å²) in [5, 5.41) is 19.1. The molecule has 8 nitrogen and oxygen atoms in total. The number of aromatic hydroxyl groups is 1. The number of phenols is 1. The van der Waals surface area contributed by atoms with E-state index in [1.54, 1.807) is 35.3 Å². The topological polar surface area (TPSA) is 97.5 Å². The number of ether oxygens (including phenoxy) is 1. The first-order valence-corrected chi connectivity index (χ1v) is 8.59. The fourth-order valence-electron chi connectivity index (χ4n) is 2.80. The number of hydrogen-bond donors (Lipinski definition) is 2. The Labute approximate surface area is 161 Å². The van der Waals surface area contributed by atoms with Gasteiger partial charge in [-0.3, -0.25) is 5.43 Å². The van der Waals surface area contributed by atoms with Crippen LogP contribution in [0.1, 0.15) is 11.4 Å². The van der Waals surface area contributed by atoms with Crippen molar-refractivity contribution in [2.45, 2.75) is 6.92 Å². The van der Waals surface area contributed by atoms with E-state index in [1.807, 2.05) is 37.3 Å². The Morgan fingerprint density at radius 1 is 1.14 bits per heavy atom. The van der Waals surface area contributed by atoms with Crippen LogP contribution in [-0.4, -0.2) is 38.2 Å². The largest absolute Gasteiger partial charge is 0.504 e. The Hall–Kier alpha value is -3.94. The molecule has 0 bridgehead atoms.